The van der Waals surface area contributed by atoms with Crippen LogP contribution < -0.4 is 5.73 Å². The van der Waals surface area contributed by atoms with Gasteiger partial charge in [0.1, 0.15) is 6.10 Å². The van der Waals surface area contributed by atoms with E-state index in [0.717, 1.165) is 44.9 Å². The summed E-state index contributed by atoms with van der Waals surface area (Å²) < 4.78 is 32.8. The zero-order chi connectivity index (χ0) is 27.5. The summed E-state index contributed by atoms with van der Waals surface area (Å²) in [6.45, 7) is 4.77. The van der Waals surface area contributed by atoms with Crippen LogP contribution in [0.5, 0.6) is 0 Å². The van der Waals surface area contributed by atoms with Gasteiger partial charge in [-0.1, -0.05) is 90.2 Å². The number of esters is 1. The smallest absolute Gasteiger partial charge is 0.457 e. The Balaban J connectivity index is 4.09. The average Bonchev–Trinajstić information content (AvgIpc) is 2.88. The molecule has 0 fully saturated rings. The second-order valence-corrected chi connectivity index (χ2v) is 11.1. The number of carbonyl (C=O) groups is 1. The van der Waals surface area contributed by atoms with Gasteiger partial charge in [-0.3, -0.25) is 13.8 Å². The highest BCUT2D eigenvalue weighted by Crippen LogP contribution is 2.43. The first-order chi connectivity index (χ1) is 17.9. The van der Waals surface area contributed by atoms with Gasteiger partial charge in [0.2, 0.25) is 0 Å². The fourth-order valence-electron chi connectivity index (χ4n) is 3.75. The van der Waals surface area contributed by atoms with E-state index < -0.39 is 13.9 Å². The highest BCUT2D eigenvalue weighted by Gasteiger charge is 2.25. The third-order valence-electron chi connectivity index (χ3n) is 5.93. The van der Waals surface area contributed by atoms with Crippen molar-refractivity contribution in [1.82, 2.24) is 0 Å². The summed E-state index contributed by atoms with van der Waals surface area (Å²) in [5.74, 6) is -0.347. The Labute approximate surface area is 226 Å². The van der Waals surface area contributed by atoms with E-state index in [9.17, 15) is 14.3 Å². The minimum absolute atomic E-state index is 0.0950. The fourth-order valence-corrected chi connectivity index (χ4v) is 4.52. The third kappa shape index (κ3) is 26.6. The molecule has 37 heavy (non-hydrogen) atoms. The average molecular weight is 550 g/mol. The molecule has 0 amide bonds. The van der Waals surface area contributed by atoms with Crippen LogP contribution in [-0.2, 0) is 27.9 Å². The van der Waals surface area contributed by atoms with E-state index in [1.165, 1.54) is 57.8 Å². The number of hydrogen-bond donors (Lipinski definition) is 2. The highest BCUT2D eigenvalue weighted by atomic mass is 31.2. The molecule has 0 spiro atoms. The Kier molecular flexibility index (Phi) is 26.3. The van der Waals surface area contributed by atoms with E-state index in [1.807, 2.05) is 0 Å². The fraction of sp³-hybridized carbons (Fsp3) is 0.893. The summed E-state index contributed by atoms with van der Waals surface area (Å²) in [4.78, 5) is 22.0. The van der Waals surface area contributed by atoms with Crippen LogP contribution in [0.3, 0.4) is 0 Å². The maximum Gasteiger partial charge on any atom is 0.472 e. The first-order valence-corrected chi connectivity index (χ1v) is 16.2. The lowest BCUT2D eigenvalue weighted by Gasteiger charge is -2.20. The number of unbranched alkanes of at least 4 members (excludes halogenated alkanes) is 13. The summed E-state index contributed by atoms with van der Waals surface area (Å²) in [5.41, 5.74) is 5.30. The van der Waals surface area contributed by atoms with Crippen molar-refractivity contribution in [3.63, 3.8) is 0 Å². The molecule has 0 aliphatic heterocycles. The molecule has 2 unspecified atom stereocenters. The Morgan fingerprint density at radius 3 is 2.03 bits per heavy atom. The van der Waals surface area contributed by atoms with Gasteiger partial charge in [0.25, 0.3) is 0 Å². The number of nitrogens with two attached hydrogens (primary N) is 1. The van der Waals surface area contributed by atoms with Crippen LogP contribution in [0.25, 0.3) is 0 Å². The number of hydrogen-bond acceptors (Lipinski definition) is 7. The second kappa shape index (κ2) is 26.8. The minimum Gasteiger partial charge on any atom is -0.457 e. The van der Waals surface area contributed by atoms with Crippen molar-refractivity contribution in [1.29, 1.82) is 0 Å². The molecule has 0 heterocycles. The van der Waals surface area contributed by atoms with Gasteiger partial charge in [0, 0.05) is 19.6 Å². The van der Waals surface area contributed by atoms with Crippen molar-refractivity contribution in [3.05, 3.63) is 12.2 Å². The van der Waals surface area contributed by atoms with Gasteiger partial charge >= 0.3 is 13.8 Å². The maximum absolute atomic E-state index is 12.2. The van der Waals surface area contributed by atoms with Crippen molar-refractivity contribution in [2.45, 2.75) is 129 Å². The molecular weight excluding hydrogens is 493 g/mol. The number of carbonyl (C=O) groups excluding carboxylic acids is 1. The van der Waals surface area contributed by atoms with Crippen molar-refractivity contribution in [2.75, 3.05) is 33.0 Å². The number of allylic oxidation sites excluding steroid dienone is 2. The van der Waals surface area contributed by atoms with Gasteiger partial charge in [-0.25, -0.2) is 4.57 Å². The molecule has 0 bridgehead atoms. The van der Waals surface area contributed by atoms with E-state index >= 15 is 0 Å². The van der Waals surface area contributed by atoms with E-state index in [-0.39, 0.29) is 32.3 Å². The van der Waals surface area contributed by atoms with Crippen LogP contribution in [0.15, 0.2) is 12.2 Å². The molecule has 0 aromatic carbocycles. The molecule has 0 rings (SSSR count). The number of phosphoric acid groups is 1. The van der Waals surface area contributed by atoms with Crippen molar-refractivity contribution in [3.8, 4) is 0 Å². The molecule has 0 aliphatic carbocycles. The Hall–Kier alpha value is -0.760. The van der Waals surface area contributed by atoms with Crippen LogP contribution >= 0.6 is 7.82 Å². The topological polar surface area (TPSA) is 117 Å². The van der Waals surface area contributed by atoms with Crippen LogP contribution in [-0.4, -0.2) is 49.9 Å². The largest absolute Gasteiger partial charge is 0.472 e. The number of phosphoric ester groups is 1. The van der Waals surface area contributed by atoms with Crippen LogP contribution in [0.1, 0.15) is 123 Å². The van der Waals surface area contributed by atoms with Crippen molar-refractivity contribution >= 4 is 13.8 Å². The zero-order valence-corrected chi connectivity index (χ0v) is 24.6. The monoisotopic (exact) mass is 549 g/mol. The normalized spacial score (nSPS) is 14.2. The highest BCUT2D eigenvalue weighted by molar-refractivity contribution is 7.47. The number of rotatable bonds is 28. The Bertz CT molecular complexity index is 589. The Morgan fingerprint density at radius 1 is 0.784 bits per heavy atom. The predicted octanol–water partition coefficient (Wildman–Crippen LogP) is 7.23. The van der Waals surface area contributed by atoms with Crippen molar-refractivity contribution < 1.29 is 32.8 Å². The van der Waals surface area contributed by atoms with Gasteiger partial charge in [-0.15, -0.1) is 0 Å². The molecule has 0 aromatic rings. The molecule has 8 nitrogen and oxygen atoms in total. The standard InChI is InChI=1S/C28H56NO7P/c1-3-5-7-9-10-11-12-13-14-15-16-18-20-23-33-25-27(26-35-37(31,32)34-24-22-29)36-28(30)21-19-17-8-6-4-2/h10-11,27H,3-9,12-26,29H2,1-2H3,(H,31,32)/b11-10-. The summed E-state index contributed by atoms with van der Waals surface area (Å²) in [7, 11) is -4.25. The van der Waals surface area contributed by atoms with Crippen LogP contribution in [0, 0.1) is 0 Å². The molecule has 0 saturated heterocycles. The van der Waals surface area contributed by atoms with Gasteiger partial charge in [-0.05, 0) is 38.5 Å². The first kappa shape index (κ1) is 36.2. The lowest BCUT2D eigenvalue weighted by Crippen LogP contribution is -2.28. The molecular formula is C28H56NO7P. The summed E-state index contributed by atoms with van der Waals surface area (Å²) in [6.07, 6.45) is 22.5. The molecule has 0 radical (unpaired) electrons. The van der Waals surface area contributed by atoms with Crippen LogP contribution in [0.4, 0.5) is 0 Å². The lowest BCUT2D eigenvalue weighted by atomic mass is 10.1. The molecule has 0 aromatic heterocycles. The molecule has 3 N–H and O–H groups in total. The minimum atomic E-state index is -4.25. The zero-order valence-electron chi connectivity index (χ0n) is 23.7. The molecule has 0 aliphatic rings. The molecule has 2 atom stereocenters. The lowest BCUT2D eigenvalue weighted by molar-refractivity contribution is -0.154. The summed E-state index contributed by atoms with van der Waals surface area (Å²) in [6, 6.07) is 0. The summed E-state index contributed by atoms with van der Waals surface area (Å²) >= 11 is 0. The van der Waals surface area contributed by atoms with E-state index in [0.29, 0.717) is 13.0 Å². The predicted molar refractivity (Wildman–Crippen MR) is 150 cm³/mol. The van der Waals surface area contributed by atoms with Gasteiger partial charge in [0.15, 0.2) is 0 Å². The quantitative estimate of drug-likeness (QED) is 0.0454. The van der Waals surface area contributed by atoms with E-state index in [2.05, 4.69) is 26.0 Å². The van der Waals surface area contributed by atoms with Gasteiger partial charge in [0.05, 0.1) is 19.8 Å². The van der Waals surface area contributed by atoms with E-state index in [4.69, 9.17) is 24.3 Å². The molecule has 0 saturated carbocycles. The maximum atomic E-state index is 12.2. The molecule has 220 valence electrons. The van der Waals surface area contributed by atoms with Crippen molar-refractivity contribution in [2.24, 2.45) is 5.73 Å². The van der Waals surface area contributed by atoms with Crippen LogP contribution in [0.2, 0.25) is 0 Å². The third-order valence-corrected chi connectivity index (χ3v) is 6.92. The Morgan fingerprint density at radius 2 is 1.35 bits per heavy atom. The van der Waals surface area contributed by atoms with E-state index in [1.54, 1.807) is 0 Å². The SMILES string of the molecule is CCCCC/C=C\CCCCCCCCOCC(COP(=O)(O)OCCN)OC(=O)CCCCCCC. The molecule has 9 heteroatoms. The summed E-state index contributed by atoms with van der Waals surface area (Å²) in [5, 5.41) is 0. The second-order valence-electron chi connectivity index (χ2n) is 9.61. The number of ether oxygens (including phenoxy) is 2. The van der Waals surface area contributed by atoms with Gasteiger partial charge in [-0.2, -0.15) is 0 Å². The van der Waals surface area contributed by atoms with Gasteiger partial charge < -0.3 is 20.1 Å². The first-order valence-electron chi connectivity index (χ1n) is 14.7.